The predicted octanol–water partition coefficient (Wildman–Crippen LogP) is 1.21. The van der Waals surface area contributed by atoms with Gasteiger partial charge in [0.05, 0.1) is 6.42 Å². The van der Waals surface area contributed by atoms with Crippen LogP contribution in [0.5, 0.6) is 0 Å². The van der Waals surface area contributed by atoms with Crippen molar-refractivity contribution in [3.8, 4) is 0 Å². The number of carbonyl (C=O) groups is 2. The van der Waals surface area contributed by atoms with Gasteiger partial charge in [-0.25, -0.2) is 0 Å². The maximum Gasteiger partial charge on any atom is 0.305 e. The lowest BCUT2D eigenvalue weighted by molar-refractivity contribution is -0.138. The van der Waals surface area contributed by atoms with Crippen LogP contribution < -0.4 is 0 Å². The van der Waals surface area contributed by atoms with Crippen molar-refractivity contribution >= 4 is 11.9 Å². The van der Waals surface area contributed by atoms with Crippen molar-refractivity contribution in [3.63, 3.8) is 0 Å². The van der Waals surface area contributed by atoms with Crippen LogP contribution in [0.25, 0.3) is 0 Å². The molecule has 0 aromatic heterocycles. The van der Waals surface area contributed by atoms with Gasteiger partial charge >= 0.3 is 5.97 Å². The molecule has 4 heteroatoms. The molecule has 0 aliphatic heterocycles. The predicted molar refractivity (Wildman–Crippen MR) is 61.2 cm³/mol. The fourth-order valence-corrected chi connectivity index (χ4v) is 4.28. The SMILES string of the molecule is CN(CCC(=O)O)C(=O)C1C2C3CCC(C3)C12. The Bertz CT molecular complexity index is 352. The molecule has 0 aromatic carbocycles. The van der Waals surface area contributed by atoms with Gasteiger partial charge in [-0.05, 0) is 42.9 Å². The lowest BCUT2D eigenvalue weighted by Crippen LogP contribution is -2.32. The van der Waals surface area contributed by atoms with Crippen molar-refractivity contribution in [1.82, 2.24) is 4.90 Å². The van der Waals surface area contributed by atoms with E-state index in [-0.39, 0.29) is 18.2 Å². The fraction of sp³-hybridized carbons (Fsp3) is 0.846. The van der Waals surface area contributed by atoms with Crippen LogP contribution in [-0.2, 0) is 9.59 Å². The third-order valence-electron chi connectivity index (χ3n) is 5.06. The molecular weight excluding hydrogens is 218 g/mol. The summed E-state index contributed by atoms with van der Waals surface area (Å²) in [4.78, 5) is 24.3. The van der Waals surface area contributed by atoms with E-state index in [2.05, 4.69) is 0 Å². The molecular formula is C13H19NO3. The Balaban J connectivity index is 1.56. The Morgan fingerprint density at radius 1 is 1.24 bits per heavy atom. The van der Waals surface area contributed by atoms with Crippen molar-refractivity contribution in [2.45, 2.75) is 25.7 Å². The first-order valence-corrected chi connectivity index (χ1v) is 6.56. The normalized spacial score (nSPS) is 41.1. The molecule has 0 aromatic rings. The van der Waals surface area contributed by atoms with Crippen LogP contribution >= 0.6 is 0 Å². The number of carbonyl (C=O) groups excluding carboxylic acids is 1. The first-order chi connectivity index (χ1) is 8.09. The Morgan fingerprint density at radius 3 is 2.35 bits per heavy atom. The summed E-state index contributed by atoms with van der Waals surface area (Å²) in [6.45, 7) is 0.347. The number of amides is 1. The summed E-state index contributed by atoms with van der Waals surface area (Å²) in [6.07, 6.45) is 4.03. The quantitative estimate of drug-likeness (QED) is 0.799. The zero-order valence-electron chi connectivity index (χ0n) is 10.1. The van der Waals surface area contributed by atoms with Crippen LogP contribution in [0.15, 0.2) is 0 Å². The molecule has 3 rings (SSSR count). The zero-order chi connectivity index (χ0) is 12.2. The number of aliphatic carboxylic acids is 1. The van der Waals surface area contributed by atoms with Crippen molar-refractivity contribution in [1.29, 1.82) is 0 Å². The second-order valence-electron chi connectivity index (χ2n) is 5.92. The van der Waals surface area contributed by atoms with Crippen molar-refractivity contribution in [2.75, 3.05) is 13.6 Å². The maximum atomic E-state index is 12.2. The highest BCUT2D eigenvalue weighted by Gasteiger charge is 2.67. The highest BCUT2D eigenvalue weighted by atomic mass is 16.4. The van der Waals surface area contributed by atoms with Crippen LogP contribution in [0.3, 0.4) is 0 Å². The Morgan fingerprint density at radius 2 is 1.82 bits per heavy atom. The first kappa shape index (κ1) is 11.1. The third kappa shape index (κ3) is 1.65. The first-order valence-electron chi connectivity index (χ1n) is 6.56. The number of hydrogen-bond donors (Lipinski definition) is 1. The number of rotatable bonds is 4. The third-order valence-corrected chi connectivity index (χ3v) is 5.06. The molecule has 0 saturated heterocycles. The van der Waals surface area contributed by atoms with Gasteiger partial charge in [0.25, 0.3) is 0 Å². The van der Waals surface area contributed by atoms with Crippen molar-refractivity contribution < 1.29 is 14.7 Å². The van der Waals surface area contributed by atoms with Gasteiger partial charge in [0, 0.05) is 19.5 Å². The van der Waals surface area contributed by atoms with Crippen LogP contribution in [0.4, 0.5) is 0 Å². The van der Waals surface area contributed by atoms with Gasteiger partial charge in [0.2, 0.25) is 5.91 Å². The van der Waals surface area contributed by atoms with E-state index in [1.165, 1.54) is 19.3 Å². The second kappa shape index (κ2) is 3.72. The second-order valence-corrected chi connectivity index (χ2v) is 5.92. The molecule has 0 spiro atoms. The summed E-state index contributed by atoms with van der Waals surface area (Å²) in [7, 11) is 1.74. The lowest BCUT2D eigenvalue weighted by atomic mass is 10.0. The summed E-state index contributed by atoms with van der Waals surface area (Å²) in [5.74, 6) is 2.49. The topological polar surface area (TPSA) is 57.6 Å². The lowest BCUT2D eigenvalue weighted by Gasteiger charge is -2.18. The number of hydrogen-bond acceptors (Lipinski definition) is 2. The molecule has 3 aliphatic carbocycles. The van der Waals surface area contributed by atoms with Gasteiger partial charge in [0.15, 0.2) is 0 Å². The smallest absolute Gasteiger partial charge is 0.305 e. The van der Waals surface area contributed by atoms with Gasteiger partial charge < -0.3 is 10.0 Å². The standard InChI is InChI=1S/C13H19NO3/c1-14(5-4-9(15)16)13(17)12-10-7-2-3-8(6-7)11(10)12/h7-8,10-12H,2-6H2,1H3,(H,15,16). The van der Waals surface area contributed by atoms with Gasteiger partial charge in [0.1, 0.15) is 0 Å². The van der Waals surface area contributed by atoms with E-state index in [9.17, 15) is 9.59 Å². The average molecular weight is 237 g/mol. The molecule has 1 N–H and O–H groups in total. The highest BCUT2D eigenvalue weighted by molar-refractivity contribution is 5.83. The van der Waals surface area contributed by atoms with Crippen LogP contribution in [0.2, 0.25) is 0 Å². The molecule has 1 amide bonds. The van der Waals surface area contributed by atoms with Gasteiger partial charge in [-0.1, -0.05) is 0 Å². The molecule has 0 heterocycles. The van der Waals surface area contributed by atoms with Gasteiger partial charge in [-0.3, -0.25) is 9.59 Å². The molecule has 4 nitrogen and oxygen atoms in total. The van der Waals surface area contributed by atoms with Gasteiger partial charge in [-0.15, -0.1) is 0 Å². The van der Waals surface area contributed by atoms with E-state index >= 15 is 0 Å². The minimum atomic E-state index is -0.833. The van der Waals surface area contributed by atoms with Crippen molar-refractivity contribution in [3.05, 3.63) is 0 Å². The Labute approximate surface area is 101 Å². The molecule has 94 valence electrons. The molecule has 3 saturated carbocycles. The summed E-state index contributed by atoms with van der Waals surface area (Å²) in [5.41, 5.74) is 0. The van der Waals surface area contributed by atoms with Gasteiger partial charge in [-0.2, -0.15) is 0 Å². The fourth-order valence-electron chi connectivity index (χ4n) is 4.28. The summed E-state index contributed by atoms with van der Waals surface area (Å²) >= 11 is 0. The maximum absolute atomic E-state index is 12.2. The molecule has 2 bridgehead atoms. The highest BCUT2D eigenvalue weighted by Crippen LogP contribution is 2.69. The molecule has 17 heavy (non-hydrogen) atoms. The van der Waals surface area contributed by atoms with Crippen LogP contribution in [0, 0.1) is 29.6 Å². The summed E-state index contributed by atoms with van der Waals surface area (Å²) < 4.78 is 0. The minimum absolute atomic E-state index is 0.0527. The zero-order valence-corrected chi connectivity index (χ0v) is 10.1. The Kier molecular flexibility index (Phi) is 2.42. The van der Waals surface area contributed by atoms with Crippen molar-refractivity contribution in [2.24, 2.45) is 29.6 Å². The monoisotopic (exact) mass is 237 g/mol. The number of fused-ring (bicyclic) bond motifs is 5. The molecule has 3 aliphatic rings. The Hall–Kier alpha value is -1.06. The van der Waals surface area contributed by atoms with E-state index in [0.29, 0.717) is 18.4 Å². The number of carboxylic acids is 1. The van der Waals surface area contributed by atoms with Crippen LogP contribution in [-0.4, -0.2) is 35.5 Å². The van der Waals surface area contributed by atoms with Crippen LogP contribution in [0.1, 0.15) is 25.7 Å². The molecule has 3 fully saturated rings. The van der Waals surface area contributed by atoms with E-state index < -0.39 is 5.97 Å². The average Bonchev–Trinajstić information content (AvgIpc) is 2.73. The largest absolute Gasteiger partial charge is 0.481 e. The minimum Gasteiger partial charge on any atom is -0.481 e. The molecule has 0 radical (unpaired) electrons. The number of carboxylic acid groups (broad SMARTS) is 1. The number of nitrogens with zero attached hydrogens (tertiary/aromatic N) is 1. The molecule has 4 atom stereocenters. The molecule has 4 unspecified atom stereocenters. The van der Waals surface area contributed by atoms with E-state index in [4.69, 9.17) is 5.11 Å². The summed E-state index contributed by atoms with van der Waals surface area (Å²) in [5, 5.41) is 8.62. The van der Waals surface area contributed by atoms with E-state index in [1.807, 2.05) is 0 Å². The summed E-state index contributed by atoms with van der Waals surface area (Å²) in [6, 6.07) is 0. The van der Waals surface area contributed by atoms with E-state index in [0.717, 1.165) is 11.8 Å². The van der Waals surface area contributed by atoms with E-state index in [1.54, 1.807) is 11.9 Å².